The quantitative estimate of drug-likeness (QED) is 0.466. The maximum atomic E-state index is 13.3. The Balaban J connectivity index is 1.67. The molecule has 9 nitrogen and oxygen atoms in total. The summed E-state index contributed by atoms with van der Waals surface area (Å²) in [4.78, 5) is 44.3. The summed E-state index contributed by atoms with van der Waals surface area (Å²) in [6, 6.07) is 5.96. The van der Waals surface area contributed by atoms with Gasteiger partial charge in [-0.05, 0) is 16.5 Å². The summed E-state index contributed by atoms with van der Waals surface area (Å²) < 4.78 is 0. The van der Waals surface area contributed by atoms with Crippen LogP contribution in [0.15, 0.2) is 29.8 Å². The number of β-amino-alcohol motifs (C(OH)–C–C–N with tert-alkyl or cyclic N) is 1. The van der Waals surface area contributed by atoms with Crippen LogP contribution in [0.5, 0.6) is 0 Å². The minimum atomic E-state index is -0.815. The van der Waals surface area contributed by atoms with E-state index >= 15 is 0 Å². The summed E-state index contributed by atoms with van der Waals surface area (Å²) in [5.74, 6) is -1.07. The van der Waals surface area contributed by atoms with E-state index in [1.165, 1.54) is 23.2 Å². The molecule has 4 N–H and O–H groups in total. The zero-order chi connectivity index (χ0) is 25.0. The van der Waals surface area contributed by atoms with Crippen LogP contribution in [0.1, 0.15) is 45.4 Å². The molecule has 3 amide bonds. The first-order chi connectivity index (χ1) is 16.0. The average Bonchev–Trinajstić information content (AvgIpc) is 3.41. The second-order valence-electron chi connectivity index (χ2n) is 9.60. The third-order valence-corrected chi connectivity index (χ3v) is 6.72. The van der Waals surface area contributed by atoms with Crippen molar-refractivity contribution in [2.45, 2.75) is 65.5 Å². The zero-order valence-electron chi connectivity index (χ0n) is 19.9. The Morgan fingerprint density at radius 3 is 2.50 bits per heavy atom. The number of thiazole rings is 1. The summed E-state index contributed by atoms with van der Waals surface area (Å²) >= 11 is 1.45. The van der Waals surface area contributed by atoms with Crippen molar-refractivity contribution in [3.8, 4) is 10.4 Å². The molecule has 0 bridgehead atoms. The molecule has 0 saturated carbocycles. The molecule has 34 heavy (non-hydrogen) atoms. The number of aliphatic hydroxyl groups is 2. The molecule has 3 rings (SSSR count). The topological polar surface area (TPSA) is 132 Å². The highest BCUT2D eigenvalue weighted by atomic mass is 32.1. The fourth-order valence-corrected chi connectivity index (χ4v) is 4.83. The van der Waals surface area contributed by atoms with Gasteiger partial charge < -0.3 is 25.7 Å². The number of hydrogen-bond acceptors (Lipinski definition) is 7. The van der Waals surface area contributed by atoms with Crippen LogP contribution in [0.3, 0.4) is 0 Å². The fraction of sp³-hybridized carbons (Fsp3) is 0.500. The summed E-state index contributed by atoms with van der Waals surface area (Å²) in [5, 5.41) is 25.2. The molecule has 0 radical (unpaired) electrons. The molecule has 184 valence electrons. The lowest BCUT2D eigenvalue weighted by Gasteiger charge is -2.35. The van der Waals surface area contributed by atoms with E-state index in [9.17, 15) is 24.6 Å². The van der Waals surface area contributed by atoms with Gasteiger partial charge in [-0.2, -0.15) is 0 Å². The van der Waals surface area contributed by atoms with E-state index in [0.717, 1.165) is 16.0 Å². The lowest BCUT2D eigenvalue weighted by molar-refractivity contribution is -0.143. The highest BCUT2D eigenvalue weighted by Gasteiger charge is 2.44. The standard InChI is InChI=1S/C24H32N4O5S/c1-14(30)27-21(24(2,3)4)23(33)28-11-17(31)9-19(28)22(32)25-10-15-5-7-16(8-6-15)20-18(12-29)26-13-34-20/h5-8,13,17,19,21,29,31H,9-12H2,1-4H3,(H,25,32)(H,27,30)/t17-,19+,21-/m1/s1. The molecule has 2 aromatic rings. The number of rotatable bonds is 7. The van der Waals surface area contributed by atoms with Gasteiger partial charge in [0.05, 0.1) is 28.8 Å². The van der Waals surface area contributed by atoms with Crippen molar-refractivity contribution in [3.63, 3.8) is 0 Å². The minimum Gasteiger partial charge on any atom is -0.391 e. The first kappa shape index (κ1) is 25.8. The van der Waals surface area contributed by atoms with Crippen LogP contribution in [0, 0.1) is 5.41 Å². The van der Waals surface area contributed by atoms with Crippen molar-refractivity contribution in [3.05, 3.63) is 41.0 Å². The van der Waals surface area contributed by atoms with E-state index in [4.69, 9.17) is 0 Å². The third kappa shape index (κ3) is 5.99. The number of hydrogen-bond donors (Lipinski definition) is 4. The van der Waals surface area contributed by atoms with Gasteiger partial charge in [0.1, 0.15) is 12.1 Å². The second-order valence-corrected chi connectivity index (χ2v) is 10.5. The fourth-order valence-electron chi connectivity index (χ4n) is 4.02. The second kappa shape index (κ2) is 10.6. The highest BCUT2D eigenvalue weighted by Crippen LogP contribution is 2.28. The van der Waals surface area contributed by atoms with Gasteiger partial charge >= 0.3 is 0 Å². The molecule has 10 heteroatoms. The lowest BCUT2D eigenvalue weighted by atomic mass is 9.85. The molecular formula is C24H32N4O5S. The number of amides is 3. The molecule has 0 aliphatic carbocycles. The first-order valence-electron chi connectivity index (χ1n) is 11.2. The average molecular weight is 489 g/mol. The van der Waals surface area contributed by atoms with Crippen LogP contribution in [0.4, 0.5) is 0 Å². The number of aliphatic hydroxyl groups excluding tert-OH is 2. The van der Waals surface area contributed by atoms with Crippen LogP contribution in [-0.2, 0) is 27.5 Å². The Kier molecular flexibility index (Phi) is 8.06. The number of nitrogens with one attached hydrogen (secondary N) is 2. The largest absolute Gasteiger partial charge is 0.391 e. The molecule has 2 heterocycles. The normalized spacial score (nSPS) is 19.1. The van der Waals surface area contributed by atoms with Gasteiger partial charge in [0.2, 0.25) is 17.7 Å². The van der Waals surface area contributed by atoms with Crippen LogP contribution >= 0.6 is 11.3 Å². The molecule has 1 saturated heterocycles. The maximum absolute atomic E-state index is 13.3. The van der Waals surface area contributed by atoms with Crippen molar-refractivity contribution < 1.29 is 24.6 Å². The van der Waals surface area contributed by atoms with Crippen LogP contribution in [0.25, 0.3) is 10.4 Å². The van der Waals surface area contributed by atoms with Gasteiger partial charge in [0.25, 0.3) is 0 Å². The summed E-state index contributed by atoms with van der Waals surface area (Å²) in [7, 11) is 0. The number of aromatic nitrogens is 1. The molecule has 1 aliphatic heterocycles. The lowest BCUT2D eigenvalue weighted by Crippen LogP contribution is -2.57. The minimum absolute atomic E-state index is 0.0415. The summed E-state index contributed by atoms with van der Waals surface area (Å²) in [6.07, 6.45) is -0.667. The van der Waals surface area contributed by atoms with Crippen molar-refractivity contribution in [1.82, 2.24) is 20.5 Å². The van der Waals surface area contributed by atoms with Crippen LogP contribution in [0.2, 0.25) is 0 Å². The van der Waals surface area contributed by atoms with Gasteiger partial charge in [0, 0.05) is 26.4 Å². The zero-order valence-corrected chi connectivity index (χ0v) is 20.7. The maximum Gasteiger partial charge on any atom is 0.246 e. The van der Waals surface area contributed by atoms with Crippen LogP contribution < -0.4 is 10.6 Å². The summed E-state index contributed by atoms with van der Waals surface area (Å²) in [5.41, 5.74) is 3.56. The van der Waals surface area contributed by atoms with Crippen molar-refractivity contribution in [2.75, 3.05) is 6.54 Å². The Labute approximate surface area is 203 Å². The van der Waals surface area contributed by atoms with Crippen molar-refractivity contribution in [1.29, 1.82) is 0 Å². The van der Waals surface area contributed by atoms with Gasteiger partial charge in [-0.1, -0.05) is 45.0 Å². The van der Waals surface area contributed by atoms with E-state index in [1.807, 2.05) is 45.0 Å². The van der Waals surface area contributed by atoms with Gasteiger partial charge in [0.15, 0.2) is 0 Å². The van der Waals surface area contributed by atoms with E-state index < -0.39 is 23.6 Å². The highest BCUT2D eigenvalue weighted by molar-refractivity contribution is 7.13. The van der Waals surface area contributed by atoms with E-state index in [2.05, 4.69) is 15.6 Å². The van der Waals surface area contributed by atoms with E-state index in [1.54, 1.807) is 5.51 Å². The Hall–Kier alpha value is -2.82. The number of carbonyl (C=O) groups is 3. The van der Waals surface area contributed by atoms with Crippen molar-refractivity contribution >= 4 is 29.1 Å². The number of nitrogens with zero attached hydrogens (tertiary/aromatic N) is 2. The Morgan fingerprint density at radius 1 is 1.24 bits per heavy atom. The van der Waals surface area contributed by atoms with Gasteiger partial charge in [-0.15, -0.1) is 11.3 Å². The van der Waals surface area contributed by atoms with Gasteiger partial charge in [-0.3, -0.25) is 14.4 Å². The molecule has 0 spiro atoms. The van der Waals surface area contributed by atoms with Crippen molar-refractivity contribution in [2.24, 2.45) is 5.41 Å². The number of carbonyl (C=O) groups excluding carboxylic acids is 3. The molecule has 1 aliphatic rings. The molecular weight excluding hydrogens is 456 g/mol. The predicted molar refractivity (Wildman–Crippen MR) is 129 cm³/mol. The number of likely N-dealkylation sites (tertiary alicyclic amines) is 1. The third-order valence-electron chi connectivity index (χ3n) is 5.80. The Bertz CT molecular complexity index is 1030. The molecule has 1 aromatic carbocycles. The smallest absolute Gasteiger partial charge is 0.246 e. The summed E-state index contributed by atoms with van der Waals surface area (Å²) in [6.45, 7) is 7.04. The van der Waals surface area contributed by atoms with E-state index in [0.29, 0.717) is 5.69 Å². The molecule has 1 aromatic heterocycles. The monoisotopic (exact) mass is 488 g/mol. The molecule has 3 atom stereocenters. The van der Waals surface area contributed by atoms with Gasteiger partial charge in [-0.25, -0.2) is 4.98 Å². The molecule has 1 fully saturated rings. The van der Waals surface area contributed by atoms with Crippen LogP contribution in [-0.4, -0.2) is 62.6 Å². The van der Waals surface area contributed by atoms with E-state index in [-0.39, 0.29) is 43.8 Å². The molecule has 0 unspecified atom stereocenters. The first-order valence-corrected chi connectivity index (χ1v) is 12.0. The SMILES string of the molecule is CC(=O)N[C@H](C(=O)N1C[C@H](O)C[C@H]1C(=O)NCc1ccc(-c2scnc2CO)cc1)C(C)(C)C. The Morgan fingerprint density at radius 2 is 1.91 bits per heavy atom. The predicted octanol–water partition coefficient (Wildman–Crippen LogP) is 1.43. The number of benzene rings is 1.